The van der Waals surface area contributed by atoms with Gasteiger partial charge >= 0.3 is 0 Å². The zero-order chi connectivity index (χ0) is 14.4. The molecule has 0 aliphatic heterocycles. The van der Waals surface area contributed by atoms with Crippen molar-refractivity contribution in [1.82, 2.24) is 4.90 Å². The zero-order valence-corrected chi connectivity index (χ0v) is 14.0. The Morgan fingerprint density at radius 2 is 1.95 bits per heavy atom. The number of benzene rings is 1. The lowest BCUT2D eigenvalue weighted by molar-refractivity contribution is -0.133. The number of alkyl halides is 1. The molecule has 1 aliphatic rings. The van der Waals surface area contributed by atoms with Crippen LogP contribution in [0.1, 0.15) is 37.7 Å². The first kappa shape index (κ1) is 15.8. The average molecular weight is 359 g/mol. The van der Waals surface area contributed by atoms with Crippen LogP contribution < -0.4 is 0 Å². The lowest BCUT2D eigenvalue weighted by atomic mass is 9.93. The van der Waals surface area contributed by atoms with Gasteiger partial charge in [-0.15, -0.1) is 0 Å². The van der Waals surface area contributed by atoms with E-state index in [4.69, 9.17) is 11.6 Å². The summed E-state index contributed by atoms with van der Waals surface area (Å²) in [5.41, 5.74) is 0.926. The first-order valence-corrected chi connectivity index (χ1v) is 8.81. The van der Waals surface area contributed by atoms with Crippen molar-refractivity contribution in [2.45, 2.75) is 44.6 Å². The third-order valence-corrected chi connectivity index (χ3v) is 4.68. The smallest absolute Gasteiger partial charge is 0.227 e. The summed E-state index contributed by atoms with van der Waals surface area (Å²) in [6.07, 6.45) is 6.47. The summed E-state index contributed by atoms with van der Waals surface area (Å²) in [6, 6.07) is 8.03. The lowest BCUT2D eigenvalue weighted by Gasteiger charge is -2.34. The third kappa shape index (κ3) is 4.23. The molecule has 1 aromatic carbocycles. The minimum absolute atomic E-state index is 0.199. The summed E-state index contributed by atoms with van der Waals surface area (Å²) >= 11 is 9.62. The van der Waals surface area contributed by atoms with Gasteiger partial charge < -0.3 is 4.90 Å². The second-order valence-corrected chi connectivity index (χ2v) is 6.54. The van der Waals surface area contributed by atoms with Crippen molar-refractivity contribution in [2.75, 3.05) is 11.9 Å². The molecule has 0 radical (unpaired) electrons. The minimum atomic E-state index is 0.199. The molecule has 0 N–H and O–H groups in total. The summed E-state index contributed by atoms with van der Waals surface area (Å²) in [5, 5.41) is 1.51. The molecule has 0 aromatic heterocycles. The largest absolute Gasteiger partial charge is 0.339 e. The maximum absolute atomic E-state index is 12.6. The minimum Gasteiger partial charge on any atom is -0.339 e. The Balaban J connectivity index is 2.04. The molecule has 4 heteroatoms. The van der Waals surface area contributed by atoms with Gasteiger partial charge in [-0.1, -0.05) is 65.0 Å². The van der Waals surface area contributed by atoms with E-state index in [2.05, 4.69) is 20.8 Å². The molecule has 110 valence electrons. The van der Waals surface area contributed by atoms with Crippen molar-refractivity contribution < 1.29 is 4.79 Å². The first-order chi connectivity index (χ1) is 9.72. The van der Waals surface area contributed by atoms with Crippen molar-refractivity contribution in [3.63, 3.8) is 0 Å². The number of carbonyl (C=O) groups excluding carboxylic acids is 1. The number of rotatable bonds is 5. The zero-order valence-electron chi connectivity index (χ0n) is 11.7. The van der Waals surface area contributed by atoms with E-state index in [9.17, 15) is 4.79 Å². The molecule has 20 heavy (non-hydrogen) atoms. The normalized spacial score (nSPS) is 16.1. The van der Waals surface area contributed by atoms with Crippen LogP contribution >= 0.6 is 27.5 Å². The fourth-order valence-electron chi connectivity index (χ4n) is 2.90. The number of halogens is 2. The predicted octanol–water partition coefficient (Wildman–Crippen LogP) is 4.44. The highest BCUT2D eigenvalue weighted by atomic mass is 79.9. The molecule has 1 fully saturated rings. The third-order valence-electron chi connectivity index (χ3n) is 3.96. The van der Waals surface area contributed by atoms with E-state index in [1.807, 2.05) is 24.3 Å². The van der Waals surface area contributed by atoms with E-state index >= 15 is 0 Å². The van der Waals surface area contributed by atoms with Gasteiger partial charge in [0.2, 0.25) is 5.91 Å². The number of hydrogen-bond acceptors (Lipinski definition) is 1. The predicted molar refractivity (Wildman–Crippen MR) is 87.5 cm³/mol. The van der Waals surface area contributed by atoms with Gasteiger partial charge in [-0.25, -0.2) is 0 Å². The SMILES string of the molecule is O=C(Cc1ccccc1Cl)N(CCBr)C1CCCCC1. The Hall–Kier alpha value is -0.540. The molecule has 0 saturated heterocycles. The van der Waals surface area contributed by atoms with E-state index in [0.717, 1.165) is 30.3 Å². The van der Waals surface area contributed by atoms with Crippen LogP contribution in [-0.4, -0.2) is 28.7 Å². The van der Waals surface area contributed by atoms with Crippen LogP contribution in [0.15, 0.2) is 24.3 Å². The van der Waals surface area contributed by atoms with E-state index in [1.54, 1.807) is 0 Å². The molecule has 0 bridgehead atoms. The molecule has 0 heterocycles. The number of amides is 1. The molecule has 0 unspecified atom stereocenters. The molecule has 2 nitrogen and oxygen atoms in total. The van der Waals surface area contributed by atoms with Crippen LogP contribution in [0, 0.1) is 0 Å². The first-order valence-electron chi connectivity index (χ1n) is 7.31. The molecule has 1 aromatic rings. The van der Waals surface area contributed by atoms with Crippen LogP contribution in [0.3, 0.4) is 0 Å². The summed E-state index contributed by atoms with van der Waals surface area (Å²) in [5.74, 6) is 0.199. The summed E-state index contributed by atoms with van der Waals surface area (Å²) < 4.78 is 0. The van der Waals surface area contributed by atoms with Gasteiger partial charge in [0.25, 0.3) is 0 Å². The van der Waals surface area contributed by atoms with Crippen molar-refractivity contribution >= 4 is 33.4 Å². The quantitative estimate of drug-likeness (QED) is 0.713. The van der Waals surface area contributed by atoms with Gasteiger partial charge in [0.15, 0.2) is 0 Å². The summed E-state index contributed by atoms with van der Waals surface area (Å²) in [4.78, 5) is 14.7. The molecule has 1 aliphatic carbocycles. The molecule has 0 atom stereocenters. The average Bonchev–Trinajstić information content (AvgIpc) is 2.48. The van der Waals surface area contributed by atoms with Gasteiger partial charge in [-0.05, 0) is 24.5 Å². The van der Waals surface area contributed by atoms with Crippen LogP contribution in [0.2, 0.25) is 5.02 Å². The highest BCUT2D eigenvalue weighted by molar-refractivity contribution is 9.09. The highest BCUT2D eigenvalue weighted by Crippen LogP contribution is 2.24. The Bertz CT molecular complexity index is 446. The van der Waals surface area contributed by atoms with Crippen molar-refractivity contribution in [1.29, 1.82) is 0 Å². The van der Waals surface area contributed by atoms with E-state index in [-0.39, 0.29) is 5.91 Å². The van der Waals surface area contributed by atoms with Crippen molar-refractivity contribution in [3.8, 4) is 0 Å². The standard InChI is InChI=1S/C16H21BrClNO/c17-10-11-19(14-7-2-1-3-8-14)16(20)12-13-6-4-5-9-15(13)18/h4-6,9,14H,1-3,7-8,10-12H2. The molecule has 1 amide bonds. The summed E-state index contributed by atoms with van der Waals surface area (Å²) in [7, 11) is 0. The second kappa shape index (κ2) is 8.04. The fraction of sp³-hybridized carbons (Fsp3) is 0.562. The number of nitrogens with zero attached hydrogens (tertiary/aromatic N) is 1. The number of carbonyl (C=O) groups is 1. The molecular weight excluding hydrogens is 338 g/mol. The Morgan fingerprint density at radius 3 is 2.60 bits per heavy atom. The van der Waals surface area contributed by atoms with Gasteiger partial charge in [0, 0.05) is 22.9 Å². The van der Waals surface area contributed by atoms with Crippen LogP contribution in [-0.2, 0) is 11.2 Å². The highest BCUT2D eigenvalue weighted by Gasteiger charge is 2.25. The maximum atomic E-state index is 12.6. The maximum Gasteiger partial charge on any atom is 0.227 e. The van der Waals surface area contributed by atoms with E-state index in [0.29, 0.717) is 17.5 Å². The van der Waals surface area contributed by atoms with Crippen molar-refractivity contribution in [3.05, 3.63) is 34.9 Å². The topological polar surface area (TPSA) is 20.3 Å². The molecular formula is C16H21BrClNO. The fourth-order valence-corrected chi connectivity index (χ4v) is 3.49. The van der Waals surface area contributed by atoms with Gasteiger partial charge in [-0.2, -0.15) is 0 Å². The van der Waals surface area contributed by atoms with Crippen LogP contribution in [0.5, 0.6) is 0 Å². The van der Waals surface area contributed by atoms with Gasteiger partial charge in [-0.3, -0.25) is 4.79 Å². The van der Waals surface area contributed by atoms with Crippen molar-refractivity contribution in [2.24, 2.45) is 0 Å². The van der Waals surface area contributed by atoms with E-state index < -0.39 is 0 Å². The Kier molecular flexibility index (Phi) is 6.37. The molecule has 0 spiro atoms. The van der Waals surface area contributed by atoms with Crippen LogP contribution in [0.25, 0.3) is 0 Å². The summed E-state index contributed by atoms with van der Waals surface area (Å²) in [6.45, 7) is 0.786. The van der Waals surface area contributed by atoms with Gasteiger partial charge in [0.05, 0.1) is 6.42 Å². The Morgan fingerprint density at radius 1 is 1.25 bits per heavy atom. The molecule has 2 rings (SSSR count). The second-order valence-electron chi connectivity index (χ2n) is 5.34. The van der Waals surface area contributed by atoms with E-state index in [1.165, 1.54) is 19.3 Å². The lowest BCUT2D eigenvalue weighted by Crippen LogP contribution is -2.43. The van der Waals surface area contributed by atoms with Gasteiger partial charge in [0.1, 0.15) is 0 Å². The Labute approximate surface area is 134 Å². The number of hydrogen-bond donors (Lipinski definition) is 0. The molecule has 1 saturated carbocycles. The van der Waals surface area contributed by atoms with Crippen LogP contribution in [0.4, 0.5) is 0 Å². The monoisotopic (exact) mass is 357 g/mol.